The van der Waals surface area contributed by atoms with Crippen molar-refractivity contribution in [3.63, 3.8) is 0 Å². The molecule has 0 saturated carbocycles. The van der Waals surface area contributed by atoms with Crippen LogP contribution in [0.3, 0.4) is 0 Å². The van der Waals surface area contributed by atoms with E-state index in [0.29, 0.717) is 13.1 Å². The summed E-state index contributed by atoms with van der Waals surface area (Å²) in [6.07, 6.45) is -1.45. The lowest BCUT2D eigenvalue weighted by atomic mass is 10.2. The summed E-state index contributed by atoms with van der Waals surface area (Å²) in [5.41, 5.74) is -0.109. The van der Waals surface area contributed by atoms with Gasteiger partial charge in [0.1, 0.15) is 0 Å². The normalized spacial score (nSPS) is 17.5. The zero-order valence-corrected chi connectivity index (χ0v) is 13.1. The Morgan fingerprint density at radius 1 is 1.00 bits per heavy atom. The summed E-state index contributed by atoms with van der Waals surface area (Å²) in [5, 5.41) is 1.68. The van der Waals surface area contributed by atoms with E-state index in [-0.39, 0.29) is 10.6 Å². The van der Waals surface area contributed by atoms with Crippen molar-refractivity contribution in [3.8, 4) is 0 Å². The molecule has 0 aromatic heterocycles. The molecule has 1 aromatic rings. The first-order valence-electron chi connectivity index (χ1n) is 7.19. The molecule has 1 aliphatic heterocycles. The van der Waals surface area contributed by atoms with E-state index >= 15 is 0 Å². The Balaban J connectivity index is 2.13. The van der Waals surface area contributed by atoms with Gasteiger partial charge >= 0.3 is 12.1 Å². The van der Waals surface area contributed by atoms with Gasteiger partial charge in [-0.05, 0) is 37.1 Å². The molecule has 0 spiro atoms. The summed E-state index contributed by atoms with van der Waals surface area (Å²) in [4.78, 5) is 10.8. The number of hydrogen-bond donors (Lipinski definition) is 1. The third-order valence-corrected chi connectivity index (χ3v) is 5.49. The Bertz CT molecular complexity index is 649. The lowest BCUT2D eigenvalue weighted by Gasteiger charge is -2.20. The third kappa shape index (κ3) is 4.44. The van der Waals surface area contributed by atoms with E-state index in [0.717, 1.165) is 37.8 Å². The summed E-state index contributed by atoms with van der Waals surface area (Å²) < 4.78 is 62.9. The van der Waals surface area contributed by atoms with Crippen LogP contribution in [0.1, 0.15) is 25.7 Å². The Morgan fingerprint density at radius 3 is 2.00 bits per heavy atom. The van der Waals surface area contributed by atoms with E-state index in [1.807, 2.05) is 0 Å². The highest BCUT2D eigenvalue weighted by atomic mass is 32.2. The number of alkyl halides is 3. The Labute approximate surface area is 132 Å². The molecule has 1 aromatic carbocycles. The number of amides is 1. The van der Waals surface area contributed by atoms with Gasteiger partial charge in [-0.3, -0.25) is 4.79 Å². The summed E-state index contributed by atoms with van der Waals surface area (Å²) in [6.45, 7) is 0.879. The monoisotopic (exact) mass is 350 g/mol. The largest absolute Gasteiger partial charge is 0.471 e. The van der Waals surface area contributed by atoms with Crippen molar-refractivity contribution in [3.05, 3.63) is 24.3 Å². The Morgan fingerprint density at radius 2 is 1.52 bits per heavy atom. The summed E-state index contributed by atoms with van der Waals surface area (Å²) >= 11 is 0. The fraction of sp³-hybridized carbons (Fsp3) is 0.500. The Hall–Kier alpha value is -1.61. The van der Waals surface area contributed by atoms with Crippen molar-refractivity contribution in [2.24, 2.45) is 0 Å². The van der Waals surface area contributed by atoms with Crippen molar-refractivity contribution in [2.75, 3.05) is 18.4 Å². The number of nitrogens with zero attached hydrogens (tertiary/aromatic N) is 1. The van der Waals surface area contributed by atoms with E-state index in [1.54, 1.807) is 5.32 Å². The van der Waals surface area contributed by atoms with Crippen LogP contribution in [0.5, 0.6) is 0 Å². The molecule has 0 atom stereocenters. The van der Waals surface area contributed by atoms with Crippen LogP contribution in [-0.4, -0.2) is 37.9 Å². The number of halogens is 3. The highest BCUT2D eigenvalue weighted by molar-refractivity contribution is 7.89. The van der Waals surface area contributed by atoms with Crippen molar-refractivity contribution in [1.82, 2.24) is 4.31 Å². The van der Waals surface area contributed by atoms with Crippen LogP contribution in [0.2, 0.25) is 0 Å². The number of nitrogens with one attached hydrogen (secondary N) is 1. The predicted molar refractivity (Wildman–Crippen MR) is 78.4 cm³/mol. The van der Waals surface area contributed by atoms with Gasteiger partial charge in [-0.1, -0.05) is 12.8 Å². The minimum Gasteiger partial charge on any atom is -0.318 e. The van der Waals surface area contributed by atoms with Crippen LogP contribution in [0.15, 0.2) is 29.2 Å². The highest BCUT2D eigenvalue weighted by Crippen LogP contribution is 2.23. The molecule has 1 fully saturated rings. The van der Waals surface area contributed by atoms with E-state index < -0.39 is 22.1 Å². The van der Waals surface area contributed by atoms with Gasteiger partial charge in [-0.15, -0.1) is 0 Å². The first-order chi connectivity index (χ1) is 10.7. The fourth-order valence-corrected chi connectivity index (χ4v) is 3.86. The predicted octanol–water partition coefficient (Wildman–Crippen LogP) is 2.75. The summed E-state index contributed by atoms with van der Waals surface area (Å²) in [7, 11) is -3.66. The van der Waals surface area contributed by atoms with Crippen molar-refractivity contribution < 1.29 is 26.4 Å². The second-order valence-corrected chi connectivity index (χ2v) is 7.23. The molecule has 1 saturated heterocycles. The molecule has 2 rings (SSSR count). The lowest BCUT2D eigenvalue weighted by molar-refractivity contribution is -0.167. The van der Waals surface area contributed by atoms with Gasteiger partial charge in [-0.2, -0.15) is 17.5 Å². The molecule has 1 heterocycles. The molecule has 128 valence electrons. The average Bonchev–Trinajstić information content (AvgIpc) is 2.76. The number of sulfonamides is 1. The van der Waals surface area contributed by atoms with Gasteiger partial charge in [0.2, 0.25) is 10.0 Å². The number of carbonyl (C=O) groups is 1. The van der Waals surface area contributed by atoms with Gasteiger partial charge in [0.15, 0.2) is 0 Å². The molecule has 1 aliphatic rings. The van der Waals surface area contributed by atoms with Crippen LogP contribution >= 0.6 is 0 Å². The molecule has 0 aliphatic carbocycles. The Kier molecular flexibility index (Phi) is 5.30. The van der Waals surface area contributed by atoms with Gasteiger partial charge in [0.25, 0.3) is 0 Å². The maximum absolute atomic E-state index is 12.5. The lowest BCUT2D eigenvalue weighted by Crippen LogP contribution is -2.32. The first kappa shape index (κ1) is 17.7. The minimum atomic E-state index is -4.99. The van der Waals surface area contributed by atoms with Crippen LogP contribution in [0.4, 0.5) is 18.9 Å². The molecular formula is C14H17F3N2O3S. The minimum absolute atomic E-state index is 0.00408. The smallest absolute Gasteiger partial charge is 0.318 e. The zero-order valence-electron chi connectivity index (χ0n) is 12.3. The molecule has 1 amide bonds. The molecule has 9 heteroatoms. The summed E-state index contributed by atoms with van der Waals surface area (Å²) in [6, 6.07) is 4.70. The van der Waals surface area contributed by atoms with Crippen LogP contribution in [0.25, 0.3) is 0 Å². The third-order valence-electron chi connectivity index (χ3n) is 3.57. The van der Waals surface area contributed by atoms with Gasteiger partial charge < -0.3 is 5.32 Å². The number of carbonyl (C=O) groups excluding carboxylic acids is 1. The molecular weight excluding hydrogens is 333 g/mol. The maximum Gasteiger partial charge on any atom is 0.471 e. The number of hydrogen-bond acceptors (Lipinski definition) is 3. The summed E-state index contributed by atoms with van der Waals surface area (Å²) in [5.74, 6) is -2.10. The first-order valence-corrected chi connectivity index (χ1v) is 8.63. The zero-order chi connectivity index (χ0) is 17.1. The van der Waals surface area contributed by atoms with Crippen LogP contribution < -0.4 is 5.32 Å². The molecule has 0 radical (unpaired) electrons. The molecule has 23 heavy (non-hydrogen) atoms. The van der Waals surface area contributed by atoms with Gasteiger partial charge in [0.05, 0.1) is 4.90 Å². The van der Waals surface area contributed by atoms with Crippen molar-refractivity contribution >= 4 is 21.6 Å². The molecule has 0 bridgehead atoms. The van der Waals surface area contributed by atoms with Crippen LogP contribution in [0, 0.1) is 0 Å². The van der Waals surface area contributed by atoms with Crippen molar-refractivity contribution in [2.45, 2.75) is 36.8 Å². The second kappa shape index (κ2) is 6.88. The number of rotatable bonds is 3. The van der Waals surface area contributed by atoms with Crippen molar-refractivity contribution in [1.29, 1.82) is 0 Å². The van der Waals surface area contributed by atoms with E-state index in [1.165, 1.54) is 16.4 Å². The number of anilines is 1. The average molecular weight is 350 g/mol. The van der Waals surface area contributed by atoms with Gasteiger partial charge in [-0.25, -0.2) is 8.42 Å². The highest BCUT2D eigenvalue weighted by Gasteiger charge is 2.38. The maximum atomic E-state index is 12.5. The van der Waals surface area contributed by atoms with E-state index in [9.17, 15) is 26.4 Å². The van der Waals surface area contributed by atoms with Crippen LogP contribution in [-0.2, 0) is 14.8 Å². The molecule has 5 nitrogen and oxygen atoms in total. The fourth-order valence-electron chi connectivity index (χ4n) is 2.34. The number of benzene rings is 1. The van der Waals surface area contributed by atoms with E-state index in [4.69, 9.17) is 0 Å². The second-order valence-electron chi connectivity index (χ2n) is 5.29. The molecule has 1 N–H and O–H groups in total. The van der Waals surface area contributed by atoms with Gasteiger partial charge in [0, 0.05) is 18.8 Å². The quantitative estimate of drug-likeness (QED) is 0.912. The molecule has 0 unspecified atom stereocenters. The SMILES string of the molecule is O=C(Nc1ccc(S(=O)(=O)N2CCCCCC2)cc1)C(F)(F)F. The standard InChI is InChI=1S/C14H17F3N2O3S/c15-14(16,17)13(20)18-11-5-7-12(8-6-11)23(21,22)19-9-3-1-2-4-10-19/h5-8H,1-4,9-10H2,(H,18,20). The van der Waals surface area contributed by atoms with E-state index in [2.05, 4.69) is 0 Å². The topological polar surface area (TPSA) is 66.5 Å².